The van der Waals surface area contributed by atoms with Crippen LogP contribution < -0.4 is 5.32 Å². The molecule has 0 aliphatic heterocycles. The normalized spacial score (nSPS) is 11.8. The largest absolute Gasteiger partial charge is 0.452 e. The Balaban J connectivity index is 2.69. The summed E-state index contributed by atoms with van der Waals surface area (Å²) in [5, 5.41) is 13.6. The number of non-ortho nitro benzene ring substituents is 1. The lowest BCUT2D eigenvalue weighted by atomic mass is 9.82. The molecular formula is C17H23ClN2O5. The maximum atomic E-state index is 12.0. The predicted octanol–water partition coefficient (Wildman–Crippen LogP) is 3.74. The van der Waals surface area contributed by atoms with Crippen molar-refractivity contribution in [3.05, 3.63) is 38.9 Å². The number of rotatable bonds is 6. The van der Waals surface area contributed by atoms with Crippen LogP contribution in [0.25, 0.3) is 0 Å². The smallest absolute Gasteiger partial charge is 0.340 e. The van der Waals surface area contributed by atoms with Gasteiger partial charge in [-0.05, 0) is 31.7 Å². The van der Waals surface area contributed by atoms with E-state index < -0.39 is 28.9 Å². The minimum Gasteiger partial charge on any atom is -0.452 e. The lowest BCUT2D eigenvalue weighted by Gasteiger charge is -2.33. The molecule has 0 saturated carbocycles. The molecule has 1 amide bonds. The molecule has 138 valence electrons. The van der Waals surface area contributed by atoms with E-state index >= 15 is 0 Å². The Labute approximate surface area is 151 Å². The zero-order valence-electron chi connectivity index (χ0n) is 15.0. The van der Waals surface area contributed by atoms with Crippen LogP contribution in [0.5, 0.6) is 0 Å². The van der Waals surface area contributed by atoms with Gasteiger partial charge in [0.25, 0.3) is 11.6 Å². The predicted molar refractivity (Wildman–Crippen MR) is 94.7 cm³/mol. The fourth-order valence-corrected chi connectivity index (χ4v) is 2.97. The summed E-state index contributed by atoms with van der Waals surface area (Å²) in [5.41, 5.74) is -0.890. The van der Waals surface area contributed by atoms with Gasteiger partial charge in [0, 0.05) is 17.7 Å². The number of halogens is 1. The lowest BCUT2D eigenvalue weighted by molar-refractivity contribution is -0.384. The number of nitrogens with zero attached hydrogens (tertiary/aromatic N) is 1. The van der Waals surface area contributed by atoms with Crippen molar-refractivity contribution in [3.8, 4) is 0 Å². The monoisotopic (exact) mass is 370 g/mol. The molecule has 1 aromatic carbocycles. The molecule has 0 saturated heterocycles. The number of carbonyl (C=O) groups excluding carboxylic acids is 2. The average Bonchev–Trinajstić information content (AvgIpc) is 2.41. The maximum absolute atomic E-state index is 12.0. The van der Waals surface area contributed by atoms with Crippen molar-refractivity contribution >= 4 is 29.2 Å². The van der Waals surface area contributed by atoms with Crippen molar-refractivity contribution < 1.29 is 19.2 Å². The summed E-state index contributed by atoms with van der Waals surface area (Å²) in [7, 11) is 0. The molecule has 1 aromatic rings. The summed E-state index contributed by atoms with van der Waals surface area (Å²) in [6.07, 6.45) is 0.733. The van der Waals surface area contributed by atoms with Crippen LogP contribution in [-0.4, -0.2) is 28.9 Å². The Morgan fingerprint density at radius 1 is 1.24 bits per heavy atom. The highest BCUT2D eigenvalue weighted by Gasteiger charge is 2.27. The second-order valence-electron chi connectivity index (χ2n) is 7.67. The molecule has 0 bridgehead atoms. The number of benzene rings is 1. The molecule has 0 aliphatic carbocycles. The molecule has 0 aromatic heterocycles. The quantitative estimate of drug-likeness (QED) is 0.467. The van der Waals surface area contributed by atoms with Gasteiger partial charge in [-0.2, -0.15) is 0 Å². The van der Waals surface area contributed by atoms with Gasteiger partial charge in [-0.3, -0.25) is 14.9 Å². The van der Waals surface area contributed by atoms with Crippen molar-refractivity contribution in [1.29, 1.82) is 0 Å². The van der Waals surface area contributed by atoms with Crippen molar-refractivity contribution in [2.24, 2.45) is 5.41 Å². The summed E-state index contributed by atoms with van der Waals surface area (Å²) < 4.78 is 4.92. The highest BCUT2D eigenvalue weighted by molar-refractivity contribution is 6.33. The van der Waals surface area contributed by atoms with Gasteiger partial charge in [0.1, 0.15) is 0 Å². The molecule has 0 fully saturated rings. The molecule has 8 heteroatoms. The highest BCUT2D eigenvalue weighted by Crippen LogP contribution is 2.27. The van der Waals surface area contributed by atoms with Gasteiger partial charge < -0.3 is 10.1 Å². The summed E-state index contributed by atoms with van der Waals surface area (Å²) in [4.78, 5) is 34.2. The van der Waals surface area contributed by atoms with Crippen LogP contribution >= 0.6 is 11.6 Å². The standard InChI is InChI=1S/C17H23ClN2O5/c1-16(2,3)10-17(4,5)19-14(21)9-25-15(22)12-8-11(20(23)24)6-7-13(12)18/h6-8H,9-10H2,1-5H3,(H,19,21). The Kier molecular flexibility index (Phi) is 6.54. The Hall–Kier alpha value is -2.15. The minimum atomic E-state index is -0.891. The van der Waals surface area contributed by atoms with Crippen LogP contribution in [0.1, 0.15) is 51.4 Å². The third-order valence-corrected chi connectivity index (χ3v) is 3.49. The van der Waals surface area contributed by atoms with Crippen LogP contribution in [0.3, 0.4) is 0 Å². The topological polar surface area (TPSA) is 98.5 Å². The van der Waals surface area contributed by atoms with E-state index in [0.29, 0.717) is 0 Å². The summed E-state index contributed by atoms with van der Waals surface area (Å²) in [6, 6.07) is 3.44. The van der Waals surface area contributed by atoms with Crippen LogP contribution in [0.15, 0.2) is 18.2 Å². The van der Waals surface area contributed by atoms with Crippen molar-refractivity contribution in [2.75, 3.05) is 6.61 Å². The molecule has 0 atom stereocenters. The molecule has 0 spiro atoms. The van der Waals surface area contributed by atoms with E-state index in [4.69, 9.17) is 16.3 Å². The first-order valence-electron chi connectivity index (χ1n) is 7.73. The first-order valence-corrected chi connectivity index (χ1v) is 8.11. The number of nitro groups is 1. The number of esters is 1. The van der Waals surface area contributed by atoms with Gasteiger partial charge in [-0.25, -0.2) is 4.79 Å². The molecule has 1 rings (SSSR count). The molecule has 7 nitrogen and oxygen atoms in total. The SMILES string of the molecule is CC(C)(C)CC(C)(C)NC(=O)COC(=O)c1cc([N+](=O)[O-])ccc1Cl. The highest BCUT2D eigenvalue weighted by atomic mass is 35.5. The number of ether oxygens (including phenoxy) is 1. The number of nitrogens with one attached hydrogen (secondary N) is 1. The zero-order valence-corrected chi connectivity index (χ0v) is 15.8. The molecule has 0 aliphatic rings. The van der Waals surface area contributed by atoms with Gasteiger partial charge >= 0.3 is 5.97 Å². The first-order chi connectivity index (χ1) is 11.3. The van der Waals surface area contributed by atoms with E-state index in [2.05, 4.69) is 26.1 Å². The third kappa shape index (κ3) is 7.09. The number of nitro benzene ring substituents is 1. The molecule has 0 heterocycles. The van der Waals surface area contributed by atoms with Gasteiger partial charge in [-0.15, -0.1) is 0 Å². The number of hydrogen-bond donors (Lipinski definition) is 1. The fraction of sp³-hybridized carbons (Fsp3) is 0.529. The molecule has 25 heavy (non-hydrogen) atoms. The summed E-state index contributed by atoms with van der Waals surface area (Å²) in [6.45, 7) is 9.46. The van der Waals surface area contributed by atoms with Crippen LogP contribution in [0.4, 0.5) is 5.69 Å². The Morgan fingerprint density at radius 3 is 2.36 bits per heavy atom. The van der Waals surface area contributed by atoms with E-state index in [1.165, 1.54) is 12.1 Å². The number of amides is 1. The third-order valence-electron chi connectivity index (χ3n) is 3.17. The number of hydrogen-bond acceptors (Lipinski definition) is 5. The second kappa shape index (κ2) is 7.82. The first kappa shape index (κ1) is 20.9. The van der Waals surface area contributed by atoms with Crippen molar-refractivity contribution in [3.63, 3.8) is 0 Å². The van der Waals surface area contributed by atoms with E-state index in [9.17, 15) is 19.7 Å². The molecule has 0 unspecified atom stereocenters. The van der Waals surface area contributed by atoms with Crippen LogP contribution in [0.2, 0.25) is 5.02 Å². The van der Waals surface area contributed by atoms with Crippen molar-refractivity contribution in [1.82, 2.24) is 5.32 Å². The van der Waals surface area contributed by atoms with Gasteiger partial charge in [-0.1, -0.05) is 32.4 Å². The van der Waals surface area contributed by atoms with E-state index in [1.54, 1.807) is 0 Å². The van der Waals surface area contributed by atoms with E-state index in [1.807, 2.05) is 13.8 Å². The van der Waals surface area contributed by atoms with E-state index in [0.717, 1.165) is 12.5 Å². The van der Waals surface area contributed by atoms with Gasteiger partial charge in [0.2, 0.25) is 0 Å². The lowest BCUT2D eigenvalue weighted by Crippen LogP contribution is -2.47. The van der Waals surface area contributed by atoms with Gasteiger partial charge in [0.15, 0.2) is 6.61 Å². The zero-order chi connectivity index (χ0) is 19.4. The summed E-state index contributed by atoms with van der Waals surface area (Å²) in [5.74, 6) is -1.35. The average molecular weight is 371 g/mol. The van der Waals surface area contributed by atoms with Crippen LogP contribution in [0, 0.1) is 15.5 Å². The minimum absolute atomic E-state index is 0.0177. The Bertz CT molecular complexity index is 680. The summed E-state index contributed by atoms with van der Waals surface area (Å²) >= 11 is 5.87. The molecule has 1 N–H and O–H groups in total. The van der Waals surface area contributed by atoms with E-state index in [-0.39, 0.29) is 21.7 Å². The fourth-order valence-electron chi connectivity index (χ4n) is 2.78. The van der Waals surface area contributed by atoms with Crippen molar-refractivity contribution in [2.45, 2.75) is 46.6 Å². The van der Waals surface area contributed by atoms with Gasteiger partial charge in [0.05, 0.1) is 15.5 Å². The Morgan fingerprint density at radius 2 is 1.84 bits per heavy atom. The van der Waals surface area contributed by atoms with Crippen LogP contribution in [-0.2, 0) is 9.53 Å². The second-order valence-corrected chi connectivity index (χ2v) is 8.07. The number of carbonyl (C=O) groups is 2. The molecule has 0 radical (unpaired) electrons. The maximum Gasteiger partial charge on any atom is 0.340 e. The molecular weight excluding hydrogens is 348 g/mol.